The third-order valence-corrected chi connectivity index (χ3v) is 2.43. The third-order valence-electron chi connectivity index (χ3n) is 2.43. The summed E-state index contributed by atoms with van der Waals surface area (Å²) in [6.07, 6.45) is 12.0. The third kappa shape index (κ3) is 4.01. The van der Waals surface area contributed by atoms with Crippen LogP contribution in [0.5, 0.6) is 0 Å². The van der Waals surface area contributed by atoms with E-state index < -0.39 is 0 Å². The van der Waals surface area contributed by atoms with Crippen LogP contribution < -0.4 is 0 Å². The topological polar surface area (TPSA) is 12.9 Å². The van der Waals surface area contributed by atoms with Gasteiger partial charge in [-0.15, -0.1) is 0 Å². The minimum absolute atomic E-state index is 0.970. The maximum absolute atomic E-state index is 4.36. The lowest BCUT2D eigenvalue weighted by Gasteiger charge is -2.06. The molecule has 1 aromatic heterocycles. The molecule has 1 nitrogen and oxygen atoms in total. The molecule has 0 radical (unpaired) electrons. The Morgan fingerprint density at radius 1 is 1.25 bits per heavy atom. The van der Waals surface area contributed by atoms with E-state index in [-0.39, 0.29) is 0 Å². The van der Waals surface area contributed by atoms with Crippen molar-refractivity contribution < 1.29 is 0 Å². The van der Waals surface area contributed by atoms with Crippen LogP contribution in [0.1, 0.15) is 37.9 Å². The number of pyridine rings is 1. The summed E-state index contributed by atoms with van der Waals surface area (Å²) in [6, 6.07) is 4.19. The van der Waals surface area contributed by atoms with E-state index in [1.165, 1.54) is 29.7 Å². The van der Waals surface area contributed by atoms with Gasteiger partial charge in [-0.1, -0.05) is 32.1 Å². The summed E-state index contributed by atoms with van der Waals surface area (Å²) in [4.78, 5) is 4.36. The molecule has 86 valence electrons. The van der Waals surface area contributed by atoms with E-state index >= 15 is 0 Å². The Hall–Kier alpha value is -1.37. The Morgan fingerprint density at radius 3 is 2.69 bits per heavy atom. The van der Waals surface area contributed by atoms with E-state index in [1.54, 1.807) is 0 Å². The van der Waals surface area contributed by atoms with Crippen LogP contribution >= 0.6 is 0 Å². The number of hydrogen-bond donors (Lipinski definition) is 0. The number of aromatic nitrogens is 1. The average molecular weight is 215 g/mol. The standard InChI is InChI=1S/C13H15N.C2H6/c1-11-7-8-14-13(9-11)10-12-5-3-2-4-6-12;1-2/h3,5-9H,2,4,10H2,1H3;1-2H3. The van der Waals surface area contributed by atoms with Gasteiger partial charge in [0.25, 0.3) is 0 Å². The van der Waals surface area contributed by atoms with E-state index in [0.717, 1.165) is 6.42 Å². The SMILES string of the molecule is CC.Cc1ccnc(CC2=CCCC=C2)c1. The summed E-state index contributed by atoms with van der Waals surface area (Å²) >= 11 is 0. The van der Waals surface area contributed by atoms with Gasteiger partial charge in [-0.25, -0.2) is 0 Å². The Balaban J connectivity index is 0.000000606. The van der Waals surface area contributed by atoms with Crippen molar-refractivity contribution in [2.75, 3.05) is 0 Å². The van der Waals surface area contributed by atoms with Gasteiger partial charge in [-0.05, 0) is 43.0 Å². The van der Waals surface area contributed by atoms with Gasteiger partial charge in [0, 0.05) is 18.3 Å². The summed E-state index contributed by atoms with van der Waals surface area (Å²) in [7, 11) is 0. The number of rotatable bonds is 2. The molecular formula is C15H21N. The second-order valence-corrected chi connectivity index (χ2v) is 3.76. The molecule has 1 aliphatic carbocycles. The zero-order valence-electron chi connectivity index (χ0n) is 10.5. The molecule has 16 heavy (non-hydrogen) atoms. The normalized spacial score (nSPS) is 13.8. The van der Waals surface area contributed by atoms with Gasteiger partial charge in [0.1, 0.15) is 0 Å². The highest BCUT2D eigenvalue weighted by atomic mass is 14.7. The van der Waals surface area contributed by atoms with Crippen LogP contribution in [0.2, 0.25) is 0 Å². The molecule has 0 unspecified atom stereocenters. The number of aryl methyl sites for hydroxylation is 1. The Bertz CT molecular complexity index is 375. The number of hydrogen-bond acceptors (Lipinski definition) is 1. The molecule has 0 bridgehead atoms. The van der Waals surface area contributed by atoms with Crippen LogP contribution in [0.3, 0.4) is 0 Å². The minimum Gasteiger partial charge on any atom is -0.261 e. The molecule has 0 aromatic carbocycles. The average Bonchev–Trinajstić information content (AvgIpc) is 2.33. The lowest BCUT2D eigenvalue weighted by Crippen LogP contribution is -1.94. The molecule has 0 saturated carbocycles. The van der Waals surface area contributed by atoms with Gasteiger partial charge in [-0.3, -0.25) is 4.98 Å². The van der Waals surface area contributed by atoms with Gasteiger partial charge < -0.3 is 0 Å². The van der Waals surface area contributed by atoms with Gasteiger partial charge in [0.2, 0.25) is 0 Å². The maximum atomic E-state index is 4.36. The minimum atomic E-state index is 0.970. The number of nitrogens with zero attached hydrogens (tertiary/aromatic N) is 1. The smallest absolute Gasteiger partial charge is 0.0449 e. The zero-order valence-corrected chi connectivity index (χ0v) is 10.5. The predicted octanol–water partition coefficient (Wildman–Crippen LogP) is 4.24. The van der Waals surface area contributed by atoms with Gasteiger partial charge in [0.15, 0.2) is 0 Å². The molecule has 0 spiro atoms. The van der Waals surface area contributed by atoms with Crippen molar-refractivity contribution in [3.8, 4) is 0 Å². The highest BCUT2D eigenvalue weighted by Crippen LogP contribution is 2.14. The van der Waals surface area contributed by atoms with E-state index in [0.29, 0.717) is 0 Å². The molecular weight excluding hydrogens is 194 g/mol. The molecule has 0 N–H and O–H groups in total. The summed E-state index contributed by atoms with van der Waals surface area (Å²) < 4.78 is 0. The summed E-state index contributed by atoms with van der Waals surface area (Å²) in [5.74, 6) is 0. The fourth-order valence-electron chi connectivity index (χ4n) is 1.70. The Morgan fingerprint density at radius 2 is 2.06 bits per heavy atom. The van der Waals surface area contributed by atoms with Crippen molar-refractivity contribution in [2.24, 2.45) is 0 Å². The molecule has 1 heterocycles. The first kappa shape index (κ1) is 12.7. The van der Waals surface area contributed by atoms with Crippen LogP contribution in [0.25, 0.3) is 0 Å². The largest absolute Gasteiger partial charge is 0.261 e. The first-order valence-corrected chi connectivity index (χ1v) is 6.12. The first-order chi connectivity index (χ1) is 7.84. The van der Waals surface area contributed by atoms with Crippen molar-refractivity contribution in [2.45, 2.75) is 40.0 Å². The molecule has 0 saturated heterocycles. The quantitative estimate of drug-likeness (QED) is 0.719. The maximum Gasteiger partial charge on any atom is 0.0449 e. The monoisotopic (exact) mass is 215 g/mol. The highest BCUT2D eigenvalue weighted by molar-refractivity contribution is 5.28. The Kier molecular flexibility index (Phi) is 5.55. The molecule has 2 rings (SSSR count). The fourth-order valence-corrected chi connectivity index (χ4v) is 1.70. The molecule has 1 aromatic rings. The molecule has 1 heteroatoms. The van der Waals surface area contributed by atoms with E-state index in [4.69, 9.17) is 0 Å². The van der Waals surface area contributed by atoms with Gasteiger partial charge >= 0.3 is 0 Å². The lowest BCUT2D eigenvalue weighted by atomic mass is 10.0. The van der Waals surface area contributed by atoms with Crippen molar-refractivity contribution in [3.63, 3.8) is 0 Å². The van der Waals surface area contributed by atoms with Crippen LogP contribution in [0.15, 0.2) is 42.1 Å². The summed E-state index contributed by atoms with van der Waals surface area (Å²) in [5, 5.41) is 0. The molecule has 0 fully saturated rings. The van der Waals surface area contributed by atoms with E-state index in [2.05, 4.69) is 36.2 Å². The van der Waals surface area contributed by atoms with Crippen molar-refractivity contribution in [3.05, 3.63) is 53.4 Å². The first-order valence-electron chi connectivity index (χ1n) is 6.12. The molecule has 0 atom stereocenters. The zero-order chi connectivity index (χ0) is 11.8. The fraction of sp³-hybridized carbons (Fsp3) is 0.400. The lowest BCUT2D eigenvalue weighted by molar-refractivity contribution is 0.975. The Labute approximate surface area is 98.9 Å². The van der Waals surface area contributed by atoms with Crippen LogP contribution in [0, 0.1) is 6.92 Å². The van der Waals surface area contributed by atoms with E-state index in [1.807, 2.05) is 26.1 Å². The highest BCUT2D eigenvalue weighted by Gasteiger charge is 2.00. The van der Waals surface area contributed by atoms with Gasteiger partial charge in [-0.2, -0.15) is 0 Å². The molecule has 0 amide bonds. The van der Waals surface area contributed by atoms with Crippen molar-refractivity contribution in [1.29, 1.82) is 0 Å². The predicted molar refractivity (Wildman–Crippen MR) is 70.5 cm³/mol. The van der Waals surface area contributed by atoms with E-state index in [9.17, 15) is 0 Å². The molecule has 1 aliphatic rings. The van der Waals surface area contributed by atoms with Crippen molar-refractivity contribution >= 4 is 0 Å². The van der Waals surface area contributed by atoms with Gasteiger partial charge in [0.05, 0.1) is 0 Å². The summed E-state index contributed by atoms with van der Waals surface area (Å²) in [5.41, 5.74) is 3.85. The van der Waals surface area contributed by atoms with Crippen LogP contribution in [-0.2, 0) is 6.42 Å². The van der Waals surface area contributed by atoms with Crippen LogP contribution in [0.4, 0.5) is 0 Å². The van der Waals surface area contributed by atoms with Crippen molar-refractivity contribution in [1.82, 2.24) is 4.98 Å². The summed E-state index contributed by atoms with van der Waals surface area (Å²) in [6.45, 7) is 6.11. The second kappa shape index (κ2) is 7.00. The second-order valence-electron chi connectivity index (χ2n) is 3.76. The number of allylic oxidation sites excluding steroid dienone is 4. The molecule has 0 aliphatic heterocycles. The van der Waals surface area contributed by atoms with Crippen LogP contribution in [-0.4, -0.2) is 4.98 Å².